The van der Waals surface area contributed by atoms with E-state index in [1.165, 1.54) is 5.56 Å². The van der Waals surface area contributed by atoms with E-state index in [2.05, 4.69) is 32.9 Å². The van der Waals surface area contributed by atoms with Crippen LogP contribution in [-0.2, 0) is 16.0 Å². The van der Waals surface area contributed by atoms with Crippen LogP contribution in [0.1, 0.15) is 53.0 Å². The van der Waals surface area contributed by atoms with E-state index in [-0.39, 0.29) is 18.0 Å². The highest BCUT2D eigenvalue weighted by molar-refractivity contribution is 5.47. The summed E-state index contributed by atoms with van der Waals surface area (Å²) in [5, 5.41) is 0. The Morgan fingerprint density at radius 2 is 1.77 bits per heavy atom. The van der Waals surface area contributed by atoms with Crippen LogP contribution in [0.4, 0.5) is 0 Å². The van der Waals surface area contributed by atoms with Gasteiger partial charge in [-0.3, -0.25) is 4.79 Å². The fourth-order valence-corrected chi connectivity index (χ4v) is 3.67. The van der Waals surface area contributed by atoms with Crippen LogP contribution in [0.25, 0.3) is 0 Å². The molecule has 1 rings (SSSR count). The number of benzene rings is 1. The first-order valence-corrected chi connectivity index (χ1v) is 11.5. The van der Waals surface area contributed by atoms with Gasteiger partial charge >= 0.3 is 0 Å². The van der Waals surface area contributed by atoms with Gasteiger partial charge in [-0.2, -0.15) is 0 Å². The van der Waals surface area contributed by atoms with Crippen molar-refractivity contribution in [3.05, 3.63) is 23.8 Å². The molecule has 1 aromatic carbocycles. The normalized spacial score (nSPS) is 14.4. The SMILES string of the molecule is COCCCOc1cc(C[C@@H](C[C@H](N)[C@@H](C)CN(C=O)C(C)C)C(C)C)ccc1OC. The molecule has 0 aliphatic carbocycles. The molecule has 178 valence electrons. The number of methoxy groups -OCH3 is 2. The zero-order valence-electron chi connectivity index (χ0n) is 20.6. The maximum absolute atomic E-state index is 11.3. The Bertz CT molecular complexity index is 636. The van der Waals surface area contributed by atoms with Crippen molar-refractivity contribution in [2.75, 3.05) is 34.0 Å². The van der Waals surface area contributed by atoms with E-state index in [0.717, 1.165) is 37.2 Å². The molecule has 0 saturated carbocycles. The number of nitrogens with zero attached hydrogens (tertiary/aromatic N) is 1. The average Bonchev–Trinajstić information content (AvgIpc) is 2.74. The molecule has 31 heavy (non-hydrogen) atoms. The van der Waals surface area contributed by atoms with Crippen LogP contribution in [0.15, 0.2) is 18.2 Å². The van der Waals surface area contributed by atoms with E-state index in [1.54, 1.807) is 14.2 Å². The highest BCUT2D eigenvalue weighted by atomic mass is 16.5. The Kier molecular flexibility index (Phi) is 12.6. The fraction of sp³-hybridized carbons (Fsp3) is 0.720. The van der Waals surface area contributed by atoms with Crippen LogP contribution in [-0.4, -0.2) is 57.4 Å². The zero-order chi connectivity index (χ0) is 23.4. The van der Waals surface area contributed by atoms with Crippen molar-refractivity contribution in [1.29, 1.82) is 0 Å². The second-order valence-corrected chi connectivity index (χ2v) is 9.16. The molecular weight excluding hydrogens is 392 g/mol. The monoisotopic (exact) mass is 436 g/mol. The van der Waals surface area contributed by atoms with Gasteiger partial charge in [0.2, 0.25) is 6.41 Å². The first kappa shape index (κ1) is 27.2. The van der Waals surface area contributed by atoms with E-state index >= 15 is 0 Å². The Morgan fingerprint density at radius 3 is 2.32 bits per heavy atom. The molecule has 0 bridgehead atoms. The van der Waals surface area contributed by atoms with Gasteiger partial charge in [0.25, 0.3) is 0 Å². The second kappa shape index (κ2) is 14.3. The van der Waals surface area contributed by atoms with Crippen LogP contribution in [0.5, 0.6) is 11.5 Å². The predicted octanol–water partition coefficient (Wildman–Crippen LogP) is 4.15. The van der Waals surface area contributed by atoms with Crippen LogP contribution >= 0.6 is 0 Å². The van der Waals surface area contributed by atoms with E-state index in [1.807, 2.05) is 24.8 Å². The number of carbonyl (C=O) groups excluding carboxylic acids is 1. The number of carbonyl (C=O) groups is 1. The Balaban J connectivity index is 2.82. The van der Waals surface area contributed by atoms with Gasteiger partial charge in [-0.05, 0) is 62.1 Å². The van der Waals surface area contributed by atoms with Crippen LogP contribution in [0.2, 0.25) is 0 Å². The lowest BCUT2D eigenvalue weighted by molar-refractivity contribution is -0.120. The number of amides is 1. The number of rotatable bonds is 16. The minimum atomic E-state index is 0.0385. The maximum Gasteiger partial charge on any atom is 0.209 e. The topological polar surface area (TPSA) is 74.0 Å². The Morgan fingerprint density at radius 1 is 1.06 bits per heavy atom. The summed E-state index contributed by atoms with van der Waals surface area (Å²) in [6.07, 6.45) is 3.61. The third-order valence-electron chi connectivity index (χ3n) is 6.02. The summed E-state index contributed by atoms with van der Waals surface area (Å²) in [5.41, 5.74) is 7.80. The molecule has 0 aliphatic rings. The van der Waals surface area contributed by atoms with E-state index in [0.29, 0.717) is 31.6 Å². The molecule has 0 heterocycles. The summed E-state index contributed by atoms with van der Waals surface area (Å²) in [4.78, 5) is 13.2. The van der Waals surface area contributed by atoms with Crippen LogP contribution in [0.3, 0.4) is 0 Å². The van der Waals surface area contributed by atoms with Gasteiger partial charge in [0, 0.05) is 38.8 Å². The first-order chi connectivity index (χ1) is 14.7. The third-order valence-corrected chi connectivity index (χ3v) is 6.02. The van der Waals surface area contributed by atoms with Gasteiger partial charge in [-0.15, -0.1) is 0 Å². The lowest BCUT2D eigenvalue weighted by Crippen LogP contribution is -2.41. The molecule has 0 radical (unpaired) electrons. The molecule has 6 heteroatoms. The summed E-state index contributed by atoms with van der Waals surface area (Å²) < 4.78 is 16.5. The lowest BCUT2D eigenvalue weighted by atomic mass is 9.81. The van der Waals surface area contributed by atoms with Gasteiger partial charge in [0.15, 0.2) is 11.5 Å². The number of hydrogen-bond acceptors (Lipinski definition) is 5. The van der Waals surface area contributed by atoms with Gasteiger partial charge in [-0.1, -0.05) is 26.8 Å². The number of nitrogens with two attached hydrogens (primary N) is 1. The summed E-state index contributed by atoms with van der Waals surface area (Å²) in [5.74, 6) is 2.70. The summed E-state index contributed by atoms with van der Waals surface area (Å²) >= 11 is 0. The molecule has 0 fully saturated rings. The highest BCUT2D eigenvalue weighted by Crippen LogP contribution is 2.31. The van der Waals surface area contributed by atoms with Crippen molar-refractivity contribution >= 4 is 6.41 Å². The number of hydrogen-bond donors (Lipinski definition) is 1. The number of ether oxygens (including phenoxy) is 3. The second-order valence-electron chi connectivity index (χ2n) is 9.16. The van der Waals surface area contributed by atoms with Gasteiger partial charge in [0.1, 0.15) is 0 Å². The smallest absolute Gasteiger partial charge is 0.209 e. The fourth-order valence-electron chi connectivity index (χ4n) is 3.67. The van der Waals surface area contributed by atoms with Crippen molar-refractivity contribution in [1.82, 2.24) is 4.90 Å². The molecule has 0 saturated heterocycles. The standard InChI is InChI=1S/C25H44N2O4/c1-18(2)22(15-23(26)20(5)16-27(17-28)19(3)4)13-21-9-10-24(30-7)25(14-21)31-12-8-11-29-6/h9-10,14,17-20,22-23H,8,11-13,15-16,26H2,1-7H3/t20-,22-,23-/m0/s1. The molecule has 6 nitrogen and oxygen atoms in total. The van der Waals surface area contributed by atoms with Crippen molar-refractivity contribution < 1.29 is 19.0 Å². The van der Waals surface area contributed by atoms with E-state index in [4.69, 9.17) is 19.9 Å². The molecule has 2 N–H and O–H groups in total. The molecule has 0 aromatic heterocycles. The molecule has 0 unspecified atom stereocenters. The molecule has 0 spiro atoms. The van der Waals surface area contributed by atoms with Gasteiger partial charge < -0.3 is 24.8 Å². The minimum Gasteiger partial charge on any atom is -0.493 e. The van der Waals surface area contributed by atoms with Crippen molar-refractivity contribution in [2.24, 2.45) is 23.5 Å². The van der Waals surface area contributed by atoms with Crippen molar-refractivity contribution in [3.63, 3.8) is 0 Å². The molecule has 3 atom stereocenters. The zero-order valence-corrected chi connectivity index (χ0v) is 20.6. The lowest BCUT2D eigenvalue weighted by Gasteiger charge is -2.31. The quantitative estimate of drug-likeness (QED) is 0.311. The molecule has 0 aliphatic heterocycles. The third kappa shape index (κ3) is 9.48. The molecule has 1 amide bonds. The van der Waals surface area contributed by atoms with Crippen molar-refractivity contribution in [3.8, 4) is 11.5 Å². The van der Waals surface area contributed by atoms with Crippen LogP contribution in [0, 0.1) is 17.8 Å². The van der Waals surface area contributed by atoms with Crippen molar-refractivity contribution in [2.45, 2.75) is 66.0 Å². The maximum atomic E-state index is 11.3. The first-order valence-electron chi connectivity index (χ1n) is 11.5. The van der Waals surface area contributed by atoms with E-state index in [9.17, 15) is 4.79 Å². The Labute approximate surface area is 189 Å². The van der Waals surface area contributed by atoms with Gasteiger partial charge in [0.05, 0.1) is 13.7 Å². The summed E-state index contributed by atoms with van der Waals surface area (Å²) in [6, 6.07) is 6.40. The largest absolute Gasteiger partial charge is 0.493 e. The molecule has 1 aromatic rings. The average molecular weight is 437 g/mol. The Hall–Kier alpha value is -1.79. The summed E-state index contributed by atoms with van der Waals surface area (Å²) in [7, 11) is 3.35. The predicted molar refractivity (Wildman–Crippen MR) is 127 cm³/mol. The molecular formula is C25H44N2O4. The minimum absolute atomic E-state index is 0.0385. The summed E-state index contributed by atoms with van der Waals surface area (Å²) in [6.45, 7) is 12.7. The van der Waals surface area contributed by atoms with Gasteiger partial charge in [-0.25, -0.2) is 0 Å². The van der Waals surface area contributed by atoms with Crippen LogP contribution < -0.4 is 15.2 Å². The highest BCUT2D eigenvalue weighted by Gasteiger charge is 2.24. The van der Waals surface area contributed by atoms with E-state index < -0.39 is 0 Å².